The molecule has 2 N–H and O–H groups in total. The molecular formula is C7H16N2O3S. The highest BCUT2D eigenvalue weighted by Gasteiger charge is 2.15. The van der Waals surface area contributed by atoms with Crippen molar-refractivity contribution in [1.82, 2.24) is 10.0 Å². The SMILES string of the molecule is CCNC(=O)CNS(=O)(=O)C(C)C. The van der Waals surface area contributed by atoms with Crippen molar-refractivity contribution in [3.63, 3.8) is 0 Å². The minimum Gasteiger partial charge on any atom is -0.355 e. The molecule has 0 saturated heterocycles. The average Bonchev–Trinajstić information content (AvgIpc) is 2.01. The van der Waals surface area contributed by atoms with E-state index in [1.54, 1.807) is 20.8 Å². The molecule has 0 radical (unpaired) electrons. The van der Waals surface area contributed by atoms with Crippen LogP contribution in [0.1, 0.15) is 20.8 Å². The summed E-state index contributed by atoms with van der Waals surface area (Å²) in [6.45, 7) is 5.20. The van der Waals surface area contributed by atoms with Crippen LogP contribution in [0.25, 0.3) is 0 Å². The summed E-state index contributed by atoms with van der Waals surface area (Å²) < 4.78 is 24.5. The number of hydrogen-bond acceptors (Lipinski definition) is 3. The van der Waals surface area contributed by atoms with Crippen molar-refractivity contribution in [2.75, 3.05) is 13.1 Å². The number of rotatable bonds is 5. The van der Waals surface area contributed by atoms with Crippen molar-refractivity contribution in [2.45, 2.75) is 26.0 Å². The van der Waals surface area contributed by atoms with Crippen LogP contribution in [0, 0.1) is 0 Å². The van der Waals surface area contributed by atoms with Gasteiger partial charge >= 0.3 is 0 Å². The molecule has 0 aromatic heterocycles. The van der Waals surface area contributed by atoms with Gasteiger partial charge in [0.2, 0.25) is 15.9 Å². The van der Waals surface area contributed by atoms with Crippen molar-refractivity contribution in [3.05, 3.63) is 0 Å². The zero-order valence-corrected chi connectivity index (χ0v) is 8.94. The van der Waals surface area contributed by atoms with Crippen LogP contribution in [-0.4, -0.2) is 32.7 Å². The van der Waals surface area contributed by atoms with Gasteiger partial charge in [-0.1, -0.05) is 0 Å². The molecule has 0 atom stereocenters. The molecule has 78 valence electrons. The van der Waals surface area contributed by atoms with Gasteiger partial charge in [-0.2, -0.15) is 0 Å². The van der Waals surface area contributed by atoms with Crippen LogP contribution in [0.3, 0.4) is 0 Å². The zero-order chi connectivity index (χ0) is 10.5. The maximum Gasteiger partial charge on any atom is 0.235 e. The number of hydrogen-bond donors (Lipinski definition) is 2. The van der Waals surface area contributed by atoms with Gasteiger partial charge in [-0.25, -0.2) is 13.1 Å². The first-order chi connectivity index (χ1) is 5.90. The Bertz CT molecular complexity index is 259. The van der Waals surface area contributed by atoms with Crippen molar-refractivity contribution in [3.8, 4) is 0 Å². The number of sulfonamides is 1. The lowest BCUT2D eigenvalue weighted by Gasteiger charge is -2.08. The minimum atomic E-state index is -3.32. The molecule has 0 unspecified atom stereocenters. The Hall–Kier alpha value is -0.620. The van der Waals surface area contributed by atoms with Gasteiger partial charge in [0.05, 0.1) is 11.8 Å². The summed E-state index contributed by atoms with van der Waals surface area (Å²) in [5.74, 6) is -0.313. The smallest absolute Gasteiger partial charge is 0.235 e. The van der Waals surface area contributed by atoms with E-state index in [1.165, 1.54) is 0 Å². The van der Waals surface area contributed by atoms with Gasteiger partial charge < -0.3 is 5.32 Å². The summed E-state index contributed by atoms with van der Waals surface area (Å²) in [5, 5.41) is 1.98. The third-order valence-electron chi connectivity index (χ3n) is 1.43. The summed E-state index contributed by atoms with van der Waals surface area (Å²) in [5.41, 5.74) is 0. The fourth-order valence-electron chi connectivity index (χ4n) is 0.592. The van der Waals surface area contributed by atoms with Crippen LogP contribution in [0.15, 0.2) is 0 Å². The lowest BCUT2D eigenvalue weighted by atomic mass is 10.6. The van der Waals surface area contributed by atoms with Crippen molar-refractivity contribution < 1.29 is 13.2 Å². The summed E-state index contributed by atoms with van der Waals surface area (Å²) in [6, 6.07) is 0. The fraction of sp³-hybridized carbons (Fsp3) is 0.857. The van der Waals surface area contributed by atoms with Gasteiger partial charge in [-0.05, 0) is 20.8 Å². The van der Waals surface area contributed by atoms with E-state index >= 15 is 0 Å². The van der Waals surface area contributed by atoms with E-state index in [2.05, 4.69) is 10.0 Å². The Morgan fingerprint density at radius 2 is 1.92 bits per heavy atom. The molecule has 0 spiro atoms. The topological polar surface area (TPSA) is 75.3 Å². The minimum absolute atomic E-state index is 0.186. The predicted octanol–water partition coefficient (Wildman–Crippen LogP) is -0.550. The van der Waals surface area contributed by atoms with E-state index in [0.29, 0.717) is 6.54 Å². The summed E-state index contributed by atoms with van der Waals surface area (Å²) in [6.07, 6.45) is 0. The lowest BCUT2D eigenvalue weighted by Crippen LogP contribution is -2.39. The van der Waals surface area contributed by atoms with Crippen LogP contribution in [0.2, 0.25) is 0 Å². The maximum atomic E-state index is 11.1. The number of amides is 1. The maximum absolute atomic E-state index is 11.1. The molecule has 0 rings (SSSR count). The van der Waals surface area contributed by atoms with E-state index < -0.39 is 15.3 Å². The first-order valence-corrected chi connectivity index (χ1v) is 5.70. The van der Waals surface area contributed by atoms with Gasteiger partial charge in [-0.15, -0.1) is 0 Å². The average molecular weight is 208 g/mol. The van der Waals surface area contributed by atoms with E-state index in [1.807, 2.05) is 0 Å². The van der Waals surface area contributed by atoms with Crippen molar-refractivity contribution in [1.29, 1.82) is 0 Å². The van der Waals surface area contributed by atoms with E-state index in [-0.39, 0.29) is 12.5 Å². The molecule has 0 fully saturated rings. The number of carbonyl (C=O) groups excluding carboxylic acids is 1. The summed E-state index contributed by atoms with van der Waals surface area (Å²) >= 11 is 0. The summed E-state index contributed by atoms with van der Waals surface area (Å²) in [7, 11) is -3.32. The molecule has 0 aromatic carbocycles. The second-order valence-electron chi connectivity index (χ2n) is 2.87. The molecule has 0 bridgehead atoms. The van der Waals surface area contributed by atoms with Crippen molar-refractivity contribution in [2.24, 2.45) is 0 Å². The molecule has 13 heavy (non-hydrogen) atoms. The highest BCUT2D eigenvalue weighted by Crippen LogP contribution is 1.94. The number of likely N-dealkylation sites (N-methyl/N-ethyl adjacent to an activating group) is 1. The van der Waals surface area contributed by atoms with Crippen LogP contribution in [0.4, 0.5) is 0 Å². The van der Waals surface area contributed by atoms with Gasteiger partial charge in [-0.3, -0.25) is 4.79 Å². The highest BCUT2D eigenvalue weighted by atomic mass is 32.2. The van der Waals surface area contributed by atoms with E-state index in [4.69, 9.17) is 0 Å². The van der Waals surface area contributed by atoms with Crippen LogP contribution >= 0.6 is 0 Å². The second kappa shape index (κ2) is 5.18. The molecule has 1 amide bonds. The highest BCUT2D eigenvalue weighted by molar-refractivity contribution is 7.90. The Kier molecular flexibility index (Phi) is 4.94. The van der Waals surface area contributed by atoms with Gasteiger partial charge in [0.15, 0.2) is 0 Å². The molecule has 0 heterocycles. The zero-order valence-electron chi connectivity index (χ0n) is 8.12. The van der Waals surface area contributed by atoms with Crippen molar-refractivity contribution >= 4 is 15.9 Å². The molecule has 0 aromatic rings. The number of nitrogens with one attached hydrogen (secondary N) is 2. The van der Waals surface area contributed by atoms with Crippen LogP contribution in [-0.2, 0) is 14.8 Å². The molecule has 5 nitrogen and oxygen atoms in total. The molecule has 0 aliphatic rings. The van der Waals surface area contributed by atoms with E-state index in [9.17, 15) is 13.2 Å². The van der Waals surface area contributed by atoms with Gasteiger partial charge in [0.1, 0.15) is 0 Å². The third-order valence-corrected chi connectivity index (χ3v) is 3.22. The molecule has 0 saturated carbocycles. The normalized spacial score (nSPS) is 11.7. The first-order valence-electron chi connectivity index (χ1n) is 4.15. The largest absolute Gasteiger partial charge is 0.355 e. The standard InChI is InChI=1S/C7H16N2O3S/c1-4-8-7(10)5-9-13(11,12)6(2)3/h6,9H,4-5H2,1-3H3,(H,8,10). The quantitative estimate of drug-likeness (QED) is 0.636. The summed E-state index contributed by atoms with van der Waals surface area (Å²) in [4.78, 5) is 10.9. The molecular weight excluding hydrogens is 192 g/mol. The van der Waals surface area contributed by atoms with Gasteiger partial charge in [0, 0.05) is 6.54 Å². The Labute approximate surface area is 79.0 Å². The lowest BCUT2D eigenvalue weighted by molar-refractivity contribution is -0.119. The van der Waals surface area contributed by atoms with Gasteiger partial charge in [0.25, 0.3) is 0 Å². The molecule has 6 heteroatoms. The molecule has 0 aliphatic carbocycles. The Balaban J connectivity index is 3.96. The third kappa shape index (κ3) is 4.84. The predicted molar refractivity (Wildman–Crippen MR) is 50.7 cm³/mol. The van der Waals surface area contributed by atoms with Crippen LogP contribution in [0.5, 0.6) is 0 Å². The molecule has 0 aliphatic heterocycles. The Morgan fingerprint density at radius 1 is 1.38 bits per heavy atom. The monoisotopic (exact) mass is 208 g/mol. The fourth-order valence-corrected chi connectivity index (χ4v) is 1.26. The second-order valence-corrected chi connectivity index (χ2v) is 5.19. The Morgan fingerprint density at radius 3 is 2.31 bits per heavy atom. The van der Waals surface area contributed by atoms with Crippen LogP contribution < -0.4 is 10.0 Å². The number of carbonyl (C=O) groups is 1. The van der Waals surface area contributed by atoms with E-state index in [0.717, 1.165) is 0 Å². The first kappa shape index (κ1) is 12.4.